The van der Waals surface area contributed by atoms with E-state index in [1.54, 1.807) is 36.0 Å². The Hall–Kier alpha value is -1.74. The fraction of sp³-hybridized carbons (Fsp3) is 0.409. The first-order valence-corrected chi connectivity index (χ1v) is 13.1. The van der Waals surface area contributed by atoms with Crippen LogP contribution in [-0.4, -0.2) is 51.1 Å². The number of piperidine rings is 1. The number of carbonyl (C=O) groups excluding carboxylic acids is 1. The maximum atomic E-state index is 12.8. The number of hydrogen-bond donors (Lipinski definition) is 1. The Morgan fingerprint density at radius 2 is 1.77 bits per heavy atom. The van der Waals surface area contributed by atoms with Crippen LogP contribution in [0, 0.1) is 5.92 Å². The lowest BCUT2D eigenvalue weighted by Crippen LogP contribution is -2.43. The number of halogens is 1. The summed E-state index contributed by atoms with van der Waals surface area (Å²) >= 11 is 7.64. The van der Waals surface area contributed by atoms with Crippen molar-refractivity contribution in [3.8, 4) is 5.75 Å². The Labute approximate surface area is 193 Å². The highest BCUT2D eigenvalue weighted by Gasteiger charge is 2.31. The number of amides is 1. The molecular weight excluding hydrogens is 456 g/mol. The molecule has 2 aromatic rings. The van der Waals surface area contributed by atoms with E-state index >= 15 is 0 Å². The van der Waals surface area contributed by atoms with Crippen LogP contribution in [0.1, 0.15) is 18.4 Å². The van der Waals surface area contributed by atoms with Gasteiger partial charge in [-0.05, 0) is 54.8 Å². The maximum Gasteiger partial charge on any atom is 0.243 e. The monoisotopic (exact) mass is 482 g/mol. The van der Waals surface area contributed by atoms with Crippen molar-refractivity contribution in [2.75, 3.05) is 32.5 Å². The largest absolute Gasteiger partial charge is 0.497 e. The van der Waals surface area contributed by atoms with Crippen LogP contribution in [0.4, 0.5) is 0 Å². The van der Waals surface area contributed by atoms with E-state index in [0.29, 0.717) is 38.2 Å². The van der Waals surface area contributed by atoms with Crippen molar-refractivity contribution in [2.24, 2.45) is 5.92 Å². The van der Waals surface area contributed by atoms with E-state index < -0.39 is 10.0 Å². The molecule has 0 saturated carbocycles. The maximum absolute atomic E-state index is 12.8. The molecule has 0 aromatic heterocycles. The zero-order valence-electron chi connectivity index (χ0n) is 17.4. The zero-order valence-corrected chi connectivity index (χ0v) is 19.8. The standard InChI is InChI=1S/C22H27ClN2O4S2/c1-29-20-6-8-21(9-7-20)31(27,28)25-13-10-18(11-14-25)22(26)24-12-15-30-16-17-2-4-19(23)5-3-17/h2-9,18H,10-16H2,1H3,(H,24,26). The molecule has 1 heterocycles. The Bertz CT molecular complexity index is 958. The summed E-state index contributed by atoms with van der Waals surface area (Å²) in [6.45, 7) is 1.29. The van der Waals surface area contributed by atoms with Crippen molar-refractivity contribution in [1.82, 2.24) is 9.62 Å². The van der Waals surface area contributed by atoms with Gasteiger partial charge < -0.3 is 10.1 Å². The third-order valence-corrected chi connectivity index (χ3v) is 8.44. The lowest BCUT2D eigenvalue weighted by Gasteiger charge is -2.30. The fourth-order valence-corrected chi connectivity index (χ4v) is 5.83. The van der Waals surface area contributed by atoms with E-state index in [4.69, 9.17) is 16.3 Å². The van der Waals surface area contributed by atoms with Crippen molar-refractivity contribution in [3.05, 3.63) is 59.1 Å². The molecule has 3 rings (SSSR count). The second-order valence-electron chi connectivity index (χ2n) is 7.32. The van der Waals surface area contributed by atoms with Crippen LogP contribution in [0.3, 0.4) is 0 Å². The van der Waals surface area contributed by atoms with Gasteiger partial charge in [-0.25, -0.2) is 8.42 Å². The molecule has 0 atom stereocenters. The molecule has 0 aliphatic carbocycles. The molecule has 9 heteroatoms. The van der Waals surface area contributed by atoms with Crippen LogP contribution in [0.15, 0.2) is 53.4 Å². The van der Waals surface area contributed by atoms with Gasteiger partial charge in [-0.15, -0.1) is 0 Å². The van der Waals surface area contributed by atoms with E-state index in [1.165, 1.54) is 17.0 Å². The second-order valence-corrected chi connectivity index (χ2v) is 10.8. The second kappa shape index (κ2) is 11.2. The summed E-state index contributed by atoms with van der Waals surface area (Å²) < 4.78 is 32.2. The Morgan fingerprint density at radius 3 is 2.39 bits per heavy atom. The van der Waals surface area contributed by atoms with E-state index in [2.05, 4.69) is 5.32 Å². The smallest absolute Gasteiger partial charge is 0.243 e. The molecule has 1 fully saturated rings. The van der Waals surface area contributed by atoms with Crippen LogP contribution < -0.4 is 10.1 Å². The van der Waals surface area contributed by atoms with Crippen LogP contribution in [-0.2, 0) is 20.6 Å². The van der Waals surface area contributed by atoms with Crippen molar-refractivity contribution >= 4 is 39.3 Å². The highest BCUT2D eigenvalue weighted by Crippen LogP contribution is 2.25. The van der Waals surface area contributed by atoms with Gasteiger partial charge in [0.1, 0.15) is 5.75 Å². The number of thioether (sulfide) groups is 1. The third-order valence-electron chi connectivity index (χ3n) is 5.25. The molecule has 1 aliphatic rings. The first-order valence-electron chi connectivity index (χ1n) is 10.1. The highest BCUT2D eigenvalue weighted by atomic mass is 35.5. The predicted molar refractivity (Wildman–Crippen MR) is 125 cm³/mol. The topological polar surface area (TPSA) is 75.7 Å². The van der Waals surface area contributed by atoms with Gasteiger partial charge >= 0.3 is 0 Å². The minimum atomic E-state index is -3.56. The van der Waals surface area contributed by atoms with E-state index in [1.807, 2.05) is 24.3 Å². The lowest BCUT2D eigenvalue weighted by molar-refractivity contribution is -0.125. The fourth-order valence-electron chi connectivity index (χ4n) is 3.42. The molecule has 31 heavy (non-hydrogen) atoms. The molecule has 168 valence electrons. The minimum Gasteiger partial charge on any atom is -0.497 e. The van der Waals surface area contributed by atoms with Gasteiger partial charge in [0.2, 0.25) is 15.9 Å². The van der Waals surface area contributed by atoms with Gasteiger partial charge in [-0.1, -0.05) is 23.7 Å². The average molecular weight is 483 g/mol. The SMILES string of the molecule is COc1ccc(S(=O)(=O)N2CCC(C(=O)NCCSCc3ccc(Cl)cc3)CC2)cc1. The number of hydrogen-bond acceptors (Lipinski definition) is 5. The van der Waals surface area contributed by atoms with Crippen LogP contribution in [0.2, 0.25) is 5.02 Å². The van der Waals surface area contributed by atoms with Gasteiger partial charge in [0, 0.05) is 42.1 Å². The molecule has 0 bridgehead atoms. The van der Waals surface area contributed by atoms with E-state index in [0.717, 1.165) is 16.5 Å². The molecule has 2 aromatic carbocycles. The summed E-state index contributed by atoms with van der Waals surface area (Å²) in [5.74, 6) is 2.16. The van der Waals surface area contributed by atoms with Gasteiger partial charge in [-0.3, -0.25) is 4.79 Å². The summed E-state index contributed by atoms with van der Waals surface area (Å²) in [6, 6.07) is 14.1. The lowest BCUT2D eigenvalue weighted by atomic mass is 9.97. The van der Waals surface area contributed by atoms with Crippen LogP contribution in [0.25, 0.3) is 0 Å². The number of benzene rings is 2. The number of nitrogens with one attached hydrogen (secondary N) is 1. The normalized spacial score (nSPS) is 15.5. The number of rotatable bonds is 9. The molecule has 0 radical (unpaired) electrons. The van der Waals surface area contributed by atoms with Crippen LogP contribution >= 0.6 is 23.4 Å². The quantitative estimate of drug-likeness (QED) is 0.550. The molecular formula is C22H27ClN2O4S2. The Morgan fingerprint density at radius 1 is 1.13 bits per heavy atom. The third kappa shape index (κ3) is 6.62. The zero-order chi connectivity index (χ0) is 22.3. The Balaban J connectivity index is 1.39. The van der Waals surface area contributed by atoms with Gasteiger partial charge in [0.15, 0.2) is 0 Å². The number of methoxy groups -OCH3 is 1. The first-order chi connectivity index (χ1) is 14.9. The summed E-state index contributed by atoms with van der Waals surface area (Å²) in [5, 5.41) is 3.71. The predicted octanol–water partition coefficient (Wildman–Crippen LogP) is 3.80. The molecule has 6 nitrogen and oxygen atoms in total. The number of carbonyl (C=O) groups is 1. The van der Waals surface area contributed by atoms with Crippen LogP contribution in [0.5, 0.6) is 5.75 Å². The van der Waals surface area contributed by atoms with E-state index in [-0.39, 0.29) is 16.7 Å². The highest BCUT2D eigenvalue weighted by molar-refractivity contribution is 7.98. The molecule has 0 unspecified atom stereocenters. The van der Waals surface area contributed by atoms with Gasteiger partial charge in [0.25, 0.3) is 0 Å². The summed E-state index contributed by atoms with van der Waals surface area (Å²) in [7, 11) is -2.02. The van der Waals surface area contributed by atoms with Crippen molar-refractivity contribution in [2.45, 2.75) is 23.5 Å². The summed E-state index contributed by atoms with van der Waals surface area (Å²) in [4.78, 5) is 12.7. The summed E-state index contributed by atoms with van der Waals surface area (Å²) in [6.07, 6.45) is 1.05. The Kier molecular flexibility index (Phi) is 8.66. The molecule has 1 amide bonds. The first kappa shape index (κ1) is 23.9. The number of nitrogens with zero attached hydrogens (tertiary/aromatic N) is 1. The summed E-state index contributed by atoms with van der Waals surface area (Å²) in [5.41, 5.74) is 1.20. The van der Waals surface area contributed by atoms with Crippen molar-refractivity contribution < 1.29 is 17.9 Å². The molecule has 0 spiro atoms. The average Bonchev–Trinajstić information content (AvgIpc) is 2.80. The molecule has 1 aliphatic heterocycles. The van der Waals surface area contributed by atoms with Gasteiger partial charge in [-0.2, -0.15) is 16.1 Å². The minimum absolute atomic E-state index is 0.00795. The number of ether oxygens (including phenoxy) is 1. The van der Waals surface area contributed by atoms with Crippen molar-refractivity contribution in [3.63, 3.8) is 0 Å². The van der Waals surface area contributed by atoms with E-state index in [9.17, 15) is 13.2 Å². The molecule has 1 N–H and O–H groups in total. The van der Waals surface area contributed by atoms with Crippen molar-refractivity contribution in [1.29, 1.82) is 0 Å². The molecule has 1 saturated heterocycles. The van der Waals surface area contributed by atoms with Gasteiger partial charge in [0.05, 0.1) is 12.0 Å². The number of sulfonamides is 1.